The zero-order valence-electron chi connectivity index (χ0n) is 12.7. The van der Waals surface area contributed by atoms with E-state index in [1.54, 1.807) is 0 Å². The summed E-state index contributed by atoms with van der Waals surface area (Å²) in [5, 5.41) is 0. The Bertz CT molecular complexity index is 403. The van der Waals surface area contributed by atoms with Crippen LogP contribution in [0.4, 0.5) is 0 Å². The summed E-state index contributed by atoms with van der Waals surface area (Å²) in [6.45, 7) is 9.11. The minimum absolute atomic E-state index is 0.307. The van der Waals surface area contributed by atoms with Gasteiger partial charge in [-0.1, -0.05) is 43.2 Å². The summed E-state index contributed by atoms with van der Waals surface area (Å²) < 4.78 is 0. The second-order valence-corrected chi connectivity index (χ2v) is 6.15. The van der Waals surface area contributed by atoms with Gasteiger partial charge in [0.05, 0.1) is 0 Å². The van der Waals surface area contributed by atoms with Crippen molar-refractivity contribution in [1.29, 1.82) is 0 Å². The van der Waals surface area contributed by atoms with Gasteiger partial charge in [0.1, 0.15) is 5.78 Å². The highest BCUT2D eigenvalue weighted by molar-refractivity contribution is 5.81. The van der Waals surface area contributed by atoms with Gasteiger partial charge in [-0.05, 0) is 44.2 Å². The molecule has 0 aliphatic heterocycles. The van der Waals surface area contributed by atoms with E-state index in [0.717, 1.165) is 12.0 Å². The molecule has 0 amide bonds. The van der Waals surface area contributed by atoms with E-state index in [4.69, 9.17) is 5.73 Å². The van der Waals surface area contributed by atoms with Gasteiger partial charge in [0.25, 0.3) is 0 Å². The average molecular weight is 261 g/mol. The van der Waals surface area contributed by atoms with Crippen molar-refractivity contribution in [3.05, 3.63) is 34.9 Å². The number of aryl methyl sites for hydroxylation is 2. The number of benzene rings is 1. The molecular formula is C17H27NO. The highest BCUT2D eigenvalue weighted by Gasteiger charge is 2.14. The number of Topliss-reactive ketones (excluding diaryl/α,β-unsaturated/α-hetero) is 1. The quantitative estimate of drug-likeness (QED) is 0.817. The van der Waals surface area contributed by atoms with Crippen molar-refractivity contribution in [2.75, 3.05) is 6.54 Å². The first kappa shape index (κ1) is 15.9. The van der Waals surface area contributed by atoms with Crippen molar-refractivity contribution in [2.45, 2.75) is 47.0 Å². The third-order valence-electron chi connectivity index (χ3n) is 3.34. The Morgan fingerprint density at radius 1 is 1.16 bits per heavy atom. The number of hydrogen-bond acceptors (Lipinski definition) is 2. The van der Waals surface area contributed by atoms with E-state index >= 15 is 0 Å². The number of carbonyl (C=O) groups is 1. The van der Waals surface area contributed by atoms with Crippen molar-refractivity contribution in [3.8, 4) is 0 Å². The summed E-state index contributed by atoms with van der Waals surface area (Å²) >= 11 is 0. The van der Waals surface area contributed by atoms with Gasteiger partial charge in [-0.25, -0.2) is 0 Å². The van der Waals surface area contributed by atoms with Gasteiger partial charge in [0.15, 0.2) is 0 Å². The maximum atomic E-state index is 12.1. The lowest BCUT2D eigenvalue weighted by molar-refractivity contribution is -0.119. The van der Waals surface area contributed by atoms with Crippen LogP contribution in [-0.2, 0) is 11.2 Å². The normalized spacial score (nSPS) is 12.7. The maximum Gasteiger partial charge on any atom is 0.137 e. The van der Waals surface area contributed by atoms with Crippen LogP contribution in [0.25, 0.3) is 0 Å². The summed E-state index contributed by atoms with van der Waals surface area (Å²) in [7, 11) is 0. The summed E-state index contributed by atoms with van der Waals surface area (Å²) in [6.07, 6.45) is 2.19. The predicted octanol–water partition coefficient (Wildman–Crippen LogP) is 3.43. The first-order valence-corrected chi connectivity index (χ1v) is 7.19. The van der Waals surface area contributed by atoms with Crippen LogP contribution >= 0.6 is 0 Å². The number of hydrogen-bond donors (Lipinski definition) is 1. The smallest absolute Gasteiger partial charge is 0.137 e. The average Bonchev–Trinajstić information content (AvgIpc) is 2.25. The van der Waals surface area contributed by atoms with Crippen LogP contribution < -0.4 is 5.73 Å². The molecule has 1 aromatic carbocycles. The largest absolute Gasteiger partial charge is 0.330 e. The van der Waals surface area contributed by atoms with Crippen LogP contribution in [0.5, 0.6) is 0 Å². The van der Waals surface area contributed by atoms with Crippen LogP contribution in [0.15, 0.2) is 18.2 Å². The molecule has 1 rings (SSSR count). The summed E-state index contributed by atoms with van der Waals surface area (Å²) in [4.78, 5) is 12.1. The van der Waals surface area contributed by atoms with E-state index < -0.39 is 0 Å². The van der Waals surface area contributed by atoms with E-state index in [2.05, 4.69) is 45.9 Å². The molecule has 106 valence electrons. The Kier molecular flexibility index (Phi) is 6.23. The molecule has 1 atom stereocenters. The third kappa shape index (κ3) is 6.02. The second kappa shape index (κ2) is 7.44. The second-order valence-electron chi connectivity index (χ2n) is 6.15. The van der Waals surface area contributed by atoms with Crippen LogP contribution in [0.3, 0.4) is 0 Å². The Balaban J connectivity index is 2.58. The SMILES string of the molecule is Cc1cc(C)cc(CC(=O)CC(CN)CC(C)C)c1. The molecule has 2 N–H and O–H groups in total. The lowest BCUT2D eigenvalue weighted by Gasteiger charge is -2.16. The minimum atomic E-state index is 0.307. The Labute approximate surface area is 117 Å². The molecule has 0 saturated heterocycles. The molecule has 0 bridgehead atoms. The van der Waals surface area contributed by atoms with Gasteiger partial charge in [-0.2, -0.15) is 0 Å². The molecule has 0 heterocycles. The van der Waals surface area contributed by atoms with Crippen molar-refractivity contribution in [3.63, 3.8) is 0 Å². The molecule has 0 aliphatic rings. The van der Waals surface area contributed by atoms with Gasteiger partial charge in [-0.3, -0.25) is 4.79 Å². The Morgan fingerprint density at radius 2 is 1.74 bits per heavy atom. The number of nitrogens with two attached hydrogens (primary N) is 1. The molecular weight excluding hydrogens is 234 g/mol. The molecule has 2 heteroatoms. The summed E-state index contributed by atoms with van der Waals surface area (Å²) in [6, 6.07) is 6.34. The number of rotatable bonds is 7. The molecule has 1 unspecified atom stereocenters. The maximum absolute atomic E-state index is 12.1. The van der Waals surface area contributed by atoms with E-state index in [1.165, 1.54) is 11.1 Å². The third-order valence-corrected chi connectivity index (χ3v) is 3.34. The lowest BCUT2D eigenvalue weighted by atomic mass is 9.90. The molecule has 1 aromatic rings. The molecule has 19 heavy (non-hydrogen) atoms. The standard InChI is InChI=1S/C17H27NO/c1-12(2)5-16(11-18)10-17(19)9-15-7-13(3)6-14(4)8-15/h6-8,12,16H,5,9-11,18H2,1-4H3. The van der Waals surface area contributed by atoms with E-state index in [1.807, 2.05) is 0 Å². The molecule has 0 radical (unpaired) electrons. The zero-order valence-corrected chi connectivity index (χ0v) is 12.7. The van der Waals surface area contributed by atoms with E-state index in [0.29, 0.717) is 37.0 Å². The monoisotopic (exact) mass is 261 g/mol. The lowest BCUT2D eigenvalue weighted by Crippen LogP contribution is -2.20. The van der Waals surface area contributed by atoms with Crippen LogP contribution in [0.1, 0.15) is 43.4 Å². The number of carbonyl (C=O) groups excluding carboxylic acids is 1. The van der Waals surface area contributed by atoms with Crippen molar-refractivity contribution in [2.24, 2.45) is 17.6 Å². The Morgan fingerprint density at radius 3 is 2.21 bits per heavy atom. The van der Waals surface area contributed by atoms with Crippen molar-refractivity contribution < 1.29 is 4.79 Å². The van der Waals surface area contributed by atoms with Crippen LogP contribution in [-0.4, -0.2) is 12.3 Å². The van der Waals surface area contributed by atoms with Gasteiger partial charge in [0.2, 0.25) is 0 Å². The fourth-order valence-electron chi connectivity index (χ4n) is 2.72. The van der Waals surface area contributed by atoms with Crippen molar-refractivity contribution >= 4 is 5.78 Å². The highest BCUT2D eigenvalue weighted by Crippen LogP contribution is 2.17. The predicted molar refractivity (Wildman–Crippen MR) is 81.2 cm³/mol. The van der Waals surface area contributed by atoms with Crippen LogP contribution in [0.2, 0.25) is 0 Å². The fourth-order valence-corrected chi connectivity index (χ4v) is 2.72. The van der Waals surface area contributed by atoms with Gasteiger partial charge in [0, 0.05) is 12.8 Å². The number of ketones is 1. The highest BCUT2D eigenvalue weighted by atomic mass is 16.1. The molecule has 0 saturated carbocycles. The molecule has 0 aliphatic carbocycles. The summed E-state index contributed by atoms with van der Waals surface area (Å²) in [5.41, 5.74) is 9.33. The first-order chi connectivity index (χ1) is 8.90. The van der Waals surface area contributed by atoms with E-state index in [9.17, 15) is 4.79 Å². The molecule has 0 aromatic heterocycles. The van der Waals surface area contributed by atoms with Crippen LogP contribution in [0, 0.1) is 25.7 Å². The van der Waals surface area contributed by atoms with Gasteiger partial charge < -0.3 is 5.73 Å². The molecule has 2 nitrogen and oxygen atoms in total. The summed E-state index contributed by atoms with van der Waals surface area (Å²) in [5.74, 6) is 1.24. The first-order valence-electron chi connectivity index (χ1n) is 7.19. The topological polar surface area (TPSA) is 43.1 Å². The van der Waals surface area contributed by atoms with Crippen molar-refractivity contribution in [1.82, 2.24) is 0 Å². The van der Waals surface area contributed by atoms with E-state index in [-0.39, 0.29) is 0 Å². The molecule has 0 spiro atoms. The van der Waals surface area contributed by atoms with Gasteiger partial charge >= 0.3 is 0 Å². The molecule has 0 fully saturated rings. The Hall–Kier alpha value is -1.15. The minimum Gasteiger partial charge on any atom is -0.330 e. The fraction of sp³-hybridized carbons (Fsp3) is 0.588. The van der Waals surface area contributed by atoms with Gasteiger partial charge in [-0.15, -0.1) is 0 Å². The zero-order chi connectivity index (χ0) is 14.4.